The minimum absolute atomic E-state index is 0.148. The predicted octanol–water partition coefficient (Wildman–Crippen LogP) is 3.64. The minimum atomic E-state index is -0.676. The van der Waals surface area contributed by atoms with Crippen LogP contribution in [0.5, 0.6) is 0 Å². The Balaban J connectivity index is 1.36. The first kappa shape index (κ1) is 23.7. The second-order valence-electron chi connectivity index (χ2n) is 8.28. The third-order valence-corrected chi connectivity index (χ3v) is 5.54. The second-order valence-corrected chi connectivity index (χ2v) is 8.28. The fourth-order valence-electron chi connectivity index (χ4n) is 3.74. The Hall–Kier alpha value is -4.46. The van der Waals surface area contributed by atoms with E-state index in [0.717, 1.165) is 5.56 Å². The highest BCUT2D eigenvalue weighted by Gasteiger charge is 2.28. The molecule has 8 nitrogen and oxygen atoms in total. The largest absolute Gasteiger partial charge is 0.454 e. The third kappa shape index (κ3) is 5.55. The third-order valence-electron chi connectivity index (χ3n) is 5.54. The molecule has 1 atom stereocenters. The number of esters is 2. The van der Waals surface area contributed by atoms with Crippen LogP contribution in [-0.4, -0.2) is 49.4 Å². The maximum Gasteiger partial charge on any atom is 0.339 e. The van der Waals surface area contributed by atoms with E-state index >= 15 is 0 Å². The van der Waals surface area contributed by atoms with Gasteiger partial charge in [-0.15, -0.1) is 0 Å². The highest BCUT2D eigenvalue weighted by atomic mass is 16.5. The van der Waals surface area contributed by atoms with Gasteiger partial charge in [-0.2, -0.15) is 0 Å². The minimum Gasteiger partial charge on any atom is -0.454 e. The molecule has 1 aliphatic rings. The average Bonchev–Trinajstić information content (AvgIpc) is 2.87. The molecule has 1 aliphatic heterocycles. The number of nitrogens with zero attached hydrogens (tertiary/aromatic N) is 1. The van der Waals surface area contributed by atoms with Crippen molar-refractivity contribution in [3.63, 3.8) is 0 Å². The van der Waals surface area contributed by atoms with E-state index in [9.17, 15) is 19.2 Å². The molecule has 0 aromatic heterocycles. The van der Waals surface area contributed by atoms with Crippen molar-refractivity contribution in [2.45, 2.75) is 12.5 Å². The van der Waals surface area contributed by atoms with Crippen LogP contribution in [0.4, 0.5) is 5.69 Å². The Kier molecular flexibility index (Phi) is 6.91. The van der Waals surface area contributed by atoms with Crippen LogP contribution < -0.4 is 5.32 Å². The summed E-state index contributed by atoms with van der Waals surface area (Å²) in [5, 5.41) is 2.62. The van der Waals surface area contributed by atoms with E-state index in [4.69, 9.17) is 9.47 Å². The van der Waals surface area contributed by atoms with Gasteiger partial charge in [-0.1, -0.05) is 30.3 Å². The molecule has 0 fully saturated rings. The van der Waals surface area contributed by atoms with Gasteiger partial charge >= 0.3 is 11.9 Å². The summed E-state index contributed by atoms with van der Waals surface area (Å²) in [6.45, 7) is -0.483. The SMILES string of the molecule is CN(C)C(=O)c1ccc(NC(=O)COC(=O)c2ccc3c(c2)CC(c2ccccc2)OC3=O)cc1. The van der Waals surface area contributed by atoms with Gasteiger partial charge in [0.25, 0.3) is 11.8 Å². The summed E-state index contributed by atoms with van der Waals surface area (Å²) in [6.07, 6.45) is -0.00778. The number of hydrogen-bond acceptors (Lipinski definition) is 6. The number of carbonyl (C=O) groups excluding carboxylic acids is 4. The molecule has 8 heteroatoms. The number of hydrogen-bond donors (Lipinski definition) is 1. The number of amides is 2. The summed E-state index contributed by atoms with van der Waals surface area (Å²) in [6, 6.07) is 20.4. The van der Waals surface area contributed by atoms with Gasteiger partial charge in [0.2, 0.25) is 0 Å². The summed E-state index contributed by atoms with van der Waals surface area (Å²) in [4.78, 5) is 50.6. The fraction of sp³-hybridized carbons (Fsp3) is 0.185. The number of ether oxygens (including phenoxy) is 2. The van der Waals surface area contributed by atoms with Crippen LogP contribution in [0.3, 0.4) is 0 Å². The van der Waals surface area contributed by atoms with Crippen LogP contribution in [-0.2, 0) is 20.7 Å². The lowest BCUT2D eigenvalue weighted by molar-refractivity contribution is -0.119. The highest BCUT2D eigenvalue weighted by molar-refractivity contribution is 5.98. The van der Waals surface area contributed by atoms with E-state index in [1.807, 2.05) is 30.3 Å². The number of benzene rings is 3. The molecule has 2 amide bonds. The Morgan fingerprint density at radius 1 is 0.971 bits per heavy atom. The molecule has 0 spiro atoms. The van der Waals surface area contributed by atoms with Crippen LogP contribution in [0.15, 0.2) is 72.8 Å². The molecular formula is C27H24N2O6. The zero-order chi connectivity index (χ0) is 24.9. The van der Waals surface area contributed by atoms with Crippen LogP contribution in [0.2, 0.25) is 0 Å². The monoisotopic (exact) mass is 472 g/mol. The van der Waals surface area contributed by atoms with Crippen molar-refractivity contribution < 1.29 is 28.7 Å². The van der Waals surface area contributed by atoms with Gasteiger partial charge in [0, 0.05) is 31.8 Å². The van der Waals surface area contributed by atoms with Crippen molar-refractivity contribution in [3.8, 4) is 0 Å². The van der Waals surface area contributed by atoms with Gasteiger partial charge in [-0.25, -0.2) is 9.59 Å². The van der Waals surface area contributed by atoms with E-state index in [1.54, 1.807) is 44.4 Å². The average molecular weight is 472 g/mol. The molecule has 4 rings (SSSR count). The van der Waals surface area contributed by atoms with Crippen LogP contribution in [0.25, 0.3) is 0 Å². The number of nitrogens with one attached hydrogen (secondary N) is 1. The molecule has 1 heterocycles. The molecule has 0 bridgehead atoms. The van der Waals surface area contributed by atoms with Gasteiger partial charge in [-0.3, -0.25) is 9.59 Å². The number of carbonyl (C=O) groups is 4. The van der Waals surface area contributed by atoms with Gasteiger partial charge in [0.15, 0.2) is 6.61 Å². The fourth-order valence-corrected chi connectivity index (χ4v) is 3.74. The summed E-state index contributed by atoms with van der Waals surface area (Å²) >= 11 is 0. The quantitative estimate of drug-likeness (QED) is 0.550. The molecule has 178 valence electrons. The molecule has 1 unspecified atom stereocenters. The number of anilines is 1. The second kappa shape index (κ2) is 10.2. The lowest BCUT2D eigenvalue weighted by Gasteiger charge is -2.25. The molecule has 0 radical (unpaired) electrons. The molecule has 3 aromatic carbocycles. The Morgan fingerprint density at radius 2 is 1.66 bits per heavy atom. The molecular weight excluding hydrogens is 448 g/mol. The van der Waals surface area contributed by atoms with Crippen molar-refractivity contribution in [2.75, 3.05) is 26.0 Å². The lowest BCUT2D eigenvalue weighted by atomic mass is 9.93. The smallest absolute Gasteiger partial charge is 0.339 e. The van der Waals surface area contributed by atoms with Gasteiger partial charge < -0.3 is 19.7 Å². The maximum absolute atomic E-state index is 12.5. The molecule has 35 heavy (non-hydrogen) atoms. The molecule has 0 saturated heterocycles. The zero-order valence-corrected chi connectivity index (χ0v) is 19.3. The number of cyclic esters (lactones) is 1. The number of rotatable bonds is 6. The van der Waals surface area contributed by atoms with Gasteiger partial charge in [-0.05, 0) is 53.6 Å². The molecule has 0 aliphatic carbocycles. The topological polar surface area (TPSA) is 102 Å². The van der Waals surface area contributed by atoms with Gasteiger partial charge in [0.1, 0.15) is 6.10 Å². The standard InChI is InChI=1S/C27H24N2O6/c1-29(2)25(31)18-8-11-21(12-9-18)28-24(30)16-34-26(32)19-10-13-22-20(14-19)15-23(35-27(22)33)17-6-4-3-5-7-17/h3-14,23H,15-16H2,1-2H3,(H,28,30). The Morgan fingerprint density at radius 3 is 2.34 bits per heavy atom. The van der Waals surface area contributed by atoms with E-state index in [0.29, 0.717) is 28.8 Å². The van der Waals surface area contributed by atoms with Crippen molar-refractivity contribution >= 4 is 29.4 Å². The summed E-state index contributed by atoms with van der Waals surface area (Å²) < 4.78 is 10.7. The van der Waals surface area contributed by atoms with E-state index in [1.165, 1.54) is 17.0 Å². The van der Waals surface area contributed by atoms with Crippen molar-refractivity contribution in [1.29, 1.82) is 0 Å². The number of fused-ring (bicyclic) bond motifs is 1. The van der Waals surface area contributed by atoms with E-state index < -0.39 is 30.6 Å². The maximum atomic E-state index is 12.5. The molecule has 0 saturated carbocycles. The predicted molar refractivity (Wildman–Crippen MR) is 128 cm³/mol. The first-order valence-corrected chi connectivity index (χ1v) is 11.0. The Bertz CT molecular complexity index is 1270. The molecule has 1 N–H and O–H groups in total. The van der Waals surface area contributed by atoms with Crippen LogP contribution >= 0.6 is 0 Å². The lowest BCUT2D eigenvalue weighted by Crippen LogP contribution is -2.23. The first-order chi connectivity index (χ1) is 16.8. The summed E-state index contributed by atoms with van der Waals surface area (Å²) in [5.41, 5.74) is 3.16. The van der Waals surface area contributed by atoms with Crippen molar-refractivity contribution in [2.24, 2.45) is 0 Å². The molecule has 3 aromatic rings. The van der Waals surface area contributed by atoms with Crippen LogP contribution in [0.1, 0.15) is 48.3 Å². The zero-order valence-electron chi connectivity index (χ0n) is 19.3. The highest BCUT2D eigenvalue weighted by Crippen LogP contribution is 2.31. The van der Waals surface area contributed by atoms with Gasteiger partial charge in [0.05, 0.1) is 11.1 Å². The van der Waals surface area contributed by atoms with E-state index in [2.05, 4.69) is 5.32 Å². The van der Waals surface area contributed by atoms with E-state index in [-0.39, 0.29) is 11.5 Å². The van der Waals surface area contributed by atoms with Crippen molar-refractivity contribution in [3.05, 3.63) is 101 Å². The first-order valence-electron chi connectivity index (χ1n) is 11.0. The van der Waals surface area contributed by atoms with Crippen LogP contribution in [0, 0.1) is 0 Å². The normalized spacial score (nSPS) is 14.3. The summed E-state index contributed by atoms with van der Waals surface area (Å²) in [5.74, 6) is -1.79. The summed E-state index contributed by atoms with van der Waals surface area (Å²) in [7, 11) is 3.31. The Labute approximate surface area is 202 Å². The van der Waals surface area contributed by atoms with Crippen molar-refractivity contribution in [1.82, 2.24) is 4.90 Å².